The molecule has 0 aliphatic heterocycles. The lowest BCUT2D eigenvalue weighted by atomic mass is 10.1. The van der Waals surface area contributed by atoms with Gasteiger partial charge in [0.25, 0.3) is 0 Å². The van der Waals surface area contributed by atoms with Crippen LogP contribution in [-0.4, -0.2) is 39.5 Å². The normalized spacial score (nSPS) is 9.95. The summed E-state index contributed by atoms with van der Waals surface area (Å²) in [5.74, 6) is 0. The highest BCUT2D eigenvalue weighted by Gasteiger charge is 2.17. The summed E-state index contributed by atoms with van der Waals surface area (Å²) in [6.07, 6.45) is -0.873. The van der Waals surface area contributed by atoms with E-state index in [1.165, 1.54) is 9.80 Å². The predicted octanol–water partition coefficient (Wildman–Crippen LogP) is 3.18. The van der Waals surface area contributed by atoms with Gasteiger partial charge in [0.15, 0.2) is 0 Å². The Balaban J connectivity index is 3.04. The minimum absolute atomic E-state index is 0.310. The van der Waals surface area contributed by atoms with Crippen LogP contribution in [0.1, 0.15) is 19.4 Å². The Hall–Kier alpha value is -2.24. The lowest BCUT2D eigenvalue weighted by molar-refractivity contribution is 0.160. The van der Waals surface area contributed by atoms with E-state index >= 15 is 0 Å². The number of rotatable bonds is 4. The second-order valence-electron chi connectivity index (χ2n) is 4.49. The van der Waals surface area contributed by atoms with Crippen molar-refractivity contribution in [2.24, 2.45) is 0 Å². The number of hydrogen-bond acceptors (Lipinski definition) is 4. The van der Waals surface area contributed by atoms with Gasteiger partial charge >= 0.3 is 12.2 Å². The molecule has 0 radical (unpaired) electrons. The van der Waals surface area contributed by atoms with E-state index in [9.17, 15) is 9.59 Å². The van der Waals surface area contributed by atoms with Gasteiger partial charge in [-0.25, -0.2) is 9.59 Å². The summed E-state index contributed by atoms with van der Waals surface area (Å²) >= 11 is 0. The van der Waals surface area contributed by atoms with Crippen LogP contribution < -0.4 is 9.80 Å². The Morgan fingerprint density at radius 2 is 1.52 bits per heavy atom. The van der Waals surface area contributed by atoms with Crippen molar-refractivity contribution in [3.8, 4) is 0 Å². The third-order valence-electron chi connectivity index (χ3n) is 3.02. The summed E-state index contributed by atoms with van der Waals surface area (Å²) in [5, 5.41) is 0. The fourth-order valence-electron chi connectivity index (χ4n) is 1.81. The maximum atomic E-state index is 11.8. The molecule has 0 atom stereocenters. The summed E-state index contributed by atoms with van der Waals surface area (Å²) in [7, 11) is 3.26. The Bertz CT molecular complexity index is 516. The first kappa shape index (κ1) is 16.8. The zero-order chi connectivity index (χ0) is 16.0. The van der Waals surface area contributed by atoms with E-state index in [1.807, 2.05) is 13.0 Å². The Labute approximate surface area is 125 Å². The highest BCUT2D eigenvalue weighted by atomic mass is 16.6. The summed E-state index contributed by atoms with van der Waals surface area (Å²) in [5.41, 5.74) is 2.24. The van der Waals surface area contributed by atoms with Crippen molar-refractivity contribution in [1.29, 1.82) is 0 Å². The fraction of sp³-hybridized carbons (Fsp3) is 0.467. The molecule has 6 heteroatoms. The van der Waals surface area contributed by atoms with E-state index in [0.717, 1.165) is 5.56 Å². The molecule has 2 amide bonds. The molecule has 0 N–H and O–H groups in total. The van der Waals surface area contributed by atoms with Gasteiger partial charge in [0.1, 0.15) is 0 Å². The highest BCUT2D eigenvalue weighted by Crippen LogP contribution is 2.26. The molecular formula is C15H22N2O4. The fourth-order valence-corrected chi connectivity index (χ4v) is 1.81. The summed E-state index contributed by atoms with van der Waals surface area (Å²) in [4.78, 5) is 26.4. The van der Waals surface area contributed by atoms with E-state index in [-0.39, 0.29) is 0 Å². The van der Waals surface area contributed by atoms with Crippen molar-refractivity contribution in [3.05, 3.63) is 23.8 Å². The molecule has 1 aromatic rings. The molecule has 6 nitrogen and oxygen atoms in total. The van der Waals surface area contributed by atoms with Gasteiger partial charge < -0.3 is 9.47 Å². The minimum atomic E-state index is -0.439. The van der Waals surface area contributed by atoms with Crippen molar-refractivity contribution >= 4 is 23.6 Å². The maximum absolute atomic E-state index is 11.8. The molecule has 21 heavy (non-hydrogen) atoms. The van der Waals surface area contributed by atoms with Crippen LogP contribution in [0.4, 0.5) is 21.0 Å². The molecule has 1 aromatic carbocycles. The van der Waals surface area contributed by atoms with Crippen LogP contribution in [-0.2, 0) is 9.47 Å². The Morgan fingerprint density at radius 1 is 1.00 bits per heavy atom. The number of nitrogens with zero attached hydrogens (tertiary/aromatic N) is 2. The average Bonchev–Trinajstić information content (AvgIpc) is 2.46. The first-order valence-corrected chi connectivity index (χ1v) is 6.83. The number of benzene rings is 1. The van der Waals surface area contributed by atoms with Gasteiger partial charge in [0.05, 0.1) is 18.9 Å². The molecular weight excluding hydrogens is 272 g/mol. The molecule has 116 valence electrons. The van der Waals surface area contributed by atoms with Gasteiger partial charge in [0.2, 0.25) is 0 Å². The van der Waals surface area contributed by atoms with E-state index in [1.54, 1.807) is 40.1 Å². The second kappa shape index (κ2) is 7.52. The zero-order valence-corrected chi connectivity index (χ0v) is 13.2. The predicted molar refractivity (Wildman–Crippen MR) is 82.0 cm³/mol. The lowest BCUT2D eigenvalue weighted by Gasteiger charge is -2.22. The molecule has 0 heterocycles. The Morgan fingerprint density at radius 3 is 2.05 bits per heavy atom. The molecule has 0 aliphatic rings. The van der Waals surface area contributed by atoms with E-state index < -0.39 is 12.2 Å². The number of carbonyl (C=O) groups excluding carboxylic acids is 2. The number of anilines is 2. The van der Waals surface area contributed by atoms with E-state index in [4.69, 9.17) is 9.47 Å². The molecule has 0 bridgehead atoms. The molecule has 0 aromatic heterocycles. The molecule has 0 saturated heterocycles. The number of hydrogen-bond donors (Lipinski definition) is 0. The average molecular weight is 294 g/mol. The molecule has 0 saturated carbocycles. The third-order valence-corrected chi connectivity index (χ3v) is 3.02. The van der Waals surface area contributed by atoms with Crippen LogP contribution in [0.5, 0.6) is 0 Å². The molecule has 0 spiro atoms. The van der Waals surface area contributed by atoms with E-state index in [2.05, 4.69) is 0 Å². The van der Waals surface area contributed by atoms with Crippen molar-refractivity contribution < 1.29 is 19.1 Å². The van der Waals surface area contributed by atoms with Gasteiger partial charge in [-0.15, -0.1) is 0 Å². The second-order valence-corrected chi connectivity index (χ2v) is 4.49. The number of amides is 2. The smallest absolute Gasteiger partial charge is 0.414 e. The molecule has 0 aliphatic carbocycles. The molecule has 1 rings (SSSR count). The van der Waals surface area contributed by atoms with Crippen molar-refractivity contribution in [2.45, 2.75) is 20.8 Å². The number of aryl methyl sites for hydroxylation is 1. The van der Waals surface area contributed by atoms with Crippen LogP contribution in [0.15, 0.2) is 18.2 Å². The zero-order valence-electron chi connectivity index (χ0n) is 13.2. The third kappa shape index (κ3) is 4.11. The van der Waals surface area contributed by atoms with Gasteiger partial charge in [-0.2, -0.15) is 0 Å². The largest absolute Gasteiger partial charge is 0.449 e. The van der Waals surface area contributed by atoms with Crippen LogP contribution in [0.2, 0.25) is 0 Å². The number of ether oxygens (including phenoxy) is 2. The van der Waals surface area contributed by atoms with Crippen LogP contribution in [0.25, 0.3) is 0 Å². The summed E-state index contributed by atoms with van der Waals surface area (Å²) in [6, 6.07) is 5.40. The lowest BCUT2D eigenvalue weighted by Crippen LogP contribution is -2.29. The minimum Gasteiger partial charge on any atom is -0.449 e. The molecule has 0 fully saturated rings. The van der Waals surface area contributed by atoms with Crippen LogP contribution in [0, 0.1) is 6.92 Å². The first-order valence-electron chi connectivity index (χ1n) is 6.83. The van der Waals surface area contributed by atoms with Gasteiger partial charge in [-0.1, -0.05) is 6.07 Å². The standard InChI is InChI=1S/C15H22N2O4/c1-6-20-14(18)16(4)12-9-8-11(3)13(10-12)17(5)15(19)21-7-2/h8-10H,6-7H2,1-5H3. The number of carbonyl (C=O) groups is 2. The van der Waals surface area contributed by atoms with Crippen LogP contribution in [0.3, 0.4) is 0 Å². The SMILES string of the molecule is CCOC(=O)N(C)c1ccc(C)c(N(C)C(=O)OCC)c1. The summed E-state index contributed by atoms with van der Waals surface area (Å²) in [6.45, 7) is 6.01. The quantitative estimate of drug-likeness (QED) is 0.855. The van der Waals surface area contributed by atoms with Gasteiger partial charge in [-0.05, 0) is 38.5 Å². The highest BCUT2D eigenvalue weighted by molar-refractivity contribution is 5.92. The summed E-state index contributed by atoms with van der Waals surface area (Å²) < 4.78 is 9.94. The van der Waals surface area contributed by atoms with Gasteiger partial charge in [-0.3, -0.25) is 9.80 Å². The topological polar surface area (TPSA) is 59.1 Å². The van der Waals surface area contributed by atoms with Crippen molar-refractivity contribution in [1.82, 2.24) is 0 Å². The first-order chi connectivity index (χ1) is 9.92. The van der Waals surface area contributed by atoms with E-state index in [0.29, 0.717) is 24.6 Å². The maximum Gasteiger partial charge on any atom is 0.414 e. The Kier molecular flexibility index (Phi) is 6.02. The van der Waals surface area contributed by atoms with Crippen molar-refractivity contribution in [3.63, 3.8) is 0 Å². The van der Waals surface area contributed by atoms with Crippen LogP contribution >= 0.6 is 0 Å². The van der Waals surface area contributed by atoms with Crippen molar-refractivity contribution in [2.75, 3.05) is 37.1 Å². The van der Waals surface area contributed by atoms with Gasteiger partial charge in [0, 0.05) is 19.8 Å². The molecule has 0 unspecified atom stereocenters. The monoisotopic (exact) mass is 294 g/mol.